The molecule has 0 atom stereocenters. The van der Waals surface area contributed by atoms with E-state index >= 15 is 0 Å². The molecule has 0 bridgehead atoms. The summed E-state index contributed by atoms with van der Waals surface area (Å²) in [4.78, 5) is 33.2. The first-order valence-corrected chi connectivity index (χ1v) is 4.75. The van der Waals surface area contributed by atoms with E-state index in [4.69, 9.17) is 10.2 Å². The maximum atomic E-state index is 11.3. The lowest BCUT2D eigenvalue weighted by Gasteiger charge is -2.18. The van der Waals surface area contributed by atoms with Gasteiger partial charge in [0.2, 0.25) is 0 Å². The monoisotopic (exact) mass is 237 g/mol. The number of aryl methyl sites for hydroxylation is 1. The molecule has 0 aliphatic rings. The zero-order valence-corrected chi connectivity index (χ0v) is 9.08. The maximum Gasteiger partial charge on any atom is 0.394 e. The van der Waals surface area contributed by atoms with Crippen molar-refractivity contribution in [2.75, 3.05) is 11.4 Å². The molecule has 0 fully saturated rings. The third kappa shape index (κ3) is 3.30. The van der Waals surface area contributed by atoms with Crippen LogP contribution in [-0.4, -0.2) is 34.6 Å². The van der Waals surface area contributed by atoms with Gasteiger partial charge in [-0.15, -0.1) is 0 Å². The van der Waals surface area contributed by atoms with E-state index in [-0.39, 0.29) is 5.69 Å². The predicted octanol–water partition coefficient (Wildman–Crippen LogP) is 0.497. The van der Waals surface area contributed by atoms with Crippen molar-refractivity contribution >= 4 is 23.5 Å². The number of rotatable bonds is 3. The van der Waals surface area contributed by atoms with Gasteiger partial charge in [-0.25, -0.2) is 4.79 Å². The van der Waals surface area contributed by atoms with E-state index in [1.165, 1.54) is 12.1 Å². The van der Waals surface area contributed by atoms with Crippen LogP contribution in [0.15, 0.2) is 24.3 Å². The highest BCUT2D eigenvalue weighted by Gasteiger charge is 2.24. The Kier molecular flexibility index (Phi) is 3.82. The first kappa shape index (κ1) is 12.7. The van der Waals surface area contributed by atoms with Crippen molar-refractivity contribution in [3.05, 3.63) is 29.8 Å². The summed E-state index contributed by atoms with van der Waals surface area (Å²) in [6.07, 6.45) is 0. The van der Waals surface area contributed by atoms with Crippen LogP contribution in [0.3, 0.4) is 0 Å². The molecule has 0 spiro atoms. The normalized spacial score (nSPS) is 9.71. The van der Waals surface area contributed by atoms with E-state index < -0.39 is 24.4 Å². The highest BCUT2D eigenvalue weighted by atomic mass is 16.4. The van der Waals surface area contributed by atoms with Crippen LogP contribution in [0.1, 0.15) is 5.56 Å². The van der Waals surface area contributed by atoms with Crippen molar-refractivity contribution in [3.8, 4) is 0 Å². The maximum absolute atomic E-state index is 11.3. The third-order valence-electron chi connectivity index (χ3n) is 2.07. The quantitative estimate of drug-likeness (QED) is 0.746. The van der Waals surface area contributed by atoms with Crippen LogP contribution >= 0.6 is 0 Å². The number of anilines is 1. The molecule has 17 heavy (non-hydrogen) atoms. The fraction of sp³-hybridized carbons (Fsp3) is 0.182. The number of aliphatic carboxylic acids is 2. The number of hydrogen-bond donors (Lipinski definition) is 2. The molecule has 1 amide bonds. The van der Waals surface area contributed by atoms with Crippen molar-refractivity contribution in [1.29, 1.82) is 0 Å². The lowest BCUT2D eigenvalue weighted by molar-refractivity contribution is -0.149. The minimum Gasteiger partial charge on any atom is -0.480 e. The Morgan fingerprint density at radius 2 is 1.65 bits per heavy atom. The van der Waals surface area contributed by atoms with Crippen LogP contribution in [0, 0.1) is 6.92 Å². The van der Waals surface area contributed by atoms with Gasteiger partial charge in [-0.3, -0.25) is 14.5 Å². The van der Waals surface area contributed by atoms with Crippen LogP contribution in [0.2, 0.25) is 0 Å². The van der Waals surface area contributed by atoms with E-state index in [1.54, 1.807) is 12.1 Å². The minimum atomic E-state index is -1.69. The lowest BCUT2D eigenvalue weighted by atomic mass is 10.2. The van der Waals surface area contributed by atoms with Gasteiger partial charge < -0.3 is 10.2 Å². The van der Waals surface area contributed by atoms with Gasteiger partial charge in [0.25, 0.3) is 0 Å². The van der Waals surface area contributed by atoms with Crippen molar-refractivity contribution in [2.24, 2.45) is 0 Å². The van der Waals surface area contributed by atoms with E-state index in [2.05, 4.69) is 0 Å². The molecule has 0 aliphatic carbocycles. The number of carbonyl (C=O) groups is 3. The zero-order valence-electron chi connectivity index (χ0n) is 9.08. The molecule has 0 aromatic heterocycles. The highest BCUT2D eigenvalue weighted by molar-refractivity contribution is 6.37. The van der Waals surface area contributed by atoms with E-state index in [0.29, 0.717) is 4.90 Å². The summed E-state index contributed by atoms with van der Waals surface area (Å²) < 4.78 is 0. The molecular formula is C11H11NO5. The average Bonchev–Trinajstić information content (AvgIpc) is 2.26. The van der Waals surface area contributed by atoms with Gasteiger partial charge >= 0.3 is 17.8 Å². The lowest BCUT2D eigenvalue weighted by Crippen LogP contribution is -2.40. The molecular weight excluding hydrogens is 226 g/mol. The molecule has 1 aromatic rings. The Bertz CT molecular complexity index is 451. The SMILES string of the molecule is Cc1ccc(N(CC(=O)O)C(=O)C(=O)O)cc1. The summed E-state index contributed by atoms with van der Waals surface area (Å²) in [5.74, 6) is -4.23. The molecule has 0 heterocycles. The van der Waals surface area contributed by atoms with Crippen LogP contribution in [-0.2, 0) is 14.4 Å². The number of benzene rings is 1. The fourth-order valence-corrected chi connectivity index (χ4v) is 1.26. The summed E-state index contributed by atoms with van der Waals surface area (Å²) in [5, 5.41) is 17.2. The van der Waals surface area contributed by atoms with Gasteiger partial charge in [-0.05, 0) is 19.1 Å². The minimum absolute atomic E-state index is 0.241. The van der Waals surface area contributed by atoms with Gasteiger partial charge in [-0.1, -0.05) is 17.7 Å². The van der Waals surface area contributed by atoms with Gasteiger partial charge in [0.05, 0.1) is 0 Å². The molecule has 0 unspecified atom stereocenters. The molecule has 6 heteroatoms. The van der Waals surface area contributed by atoms with Crippen LogP contribution < -0.4 is 4.90 Å². The Labute approximate surface area is 97.1 Å². The first-order chi connectivity index (χ1) is 7.91. The predicted molar refractivity (Wildman–Crippen MR) is 58.8 cm³/mol. The van der Waals surface area contributed by atoms with Crippen molar-refractivity contribution in [3.63, 3.8) is 0 Å². The van der Waals surface area contributed by atoms with Gasteiger partial charge in [0.15, 0.2) is 0 Å². The first-order valence-electron chi connectivity index (χ1n) is 4.75. The molecule has 90 valence electrons. The topological polar surface area (TPSA) is 94.9 Å². The van der Waals surface area contributed by atoms with Crippen molar-refractivity contribution < 1.29 is 24.6 Å². The van der Waals surface area contributed by atoms with Crippen LogP contribution in [0.25, 0.3) is 0 Å². The van der Waals surface area contributed by atoms with Gasteiger partial charge in [0.1, 0.15) is 6.54 Å². The Hall–Kier alpha value is -2.37. The number of carboxylic acids is 2. The second-order valence-electron chi connectivity index (χ2n) is 3.43. The zero-order chi connectivity index (χ0) is 13.0. The Morgan fingerprint density at radius 3 is 2.06 bits per heavy atom. The smallest absolute Gasteiger partial charge is 0.394 e. The highest BCUT2D eigenvalue weighted by Crippen LogP contribution is 2.15. The summed E-state index contributed by atoms with van der Waals surface area (Å²) >= 11 is 0. The molecule has 1 rings (SSSR count). The van der Waals surface area contributed by atoms with Crippen molar-refractivity contribution in [2.45, 2.75) is 6.92 Å². The number of amides is 1. The Morgan fingerprint density at radius 1 is 1.12 bits per heavy atom. The molecule has 2 N–H and O–H groups in total. The molecule has 0 aliphatic heterocycles. The number of carbonyl (C=O) groups excluding carboxylic acids is 1. The molecule has 0 saturated carbocycles. The molecule has 0 saturated heterocycles. The molecule has 6 nitrogen and oxygen atoms in total. The van der Waals surface area contributed by atoms with Gasteiger partial charge in [-0.2, -0.15) is 0 Å². The van der Waals surface area contributed by atoms with Crippen LogP contribution in [0.4, 0.5) is 5.69 Å². The van der Waals surface area contributed by atoms with E-state index in [9.17, 15) is 14.4 Å². The largest absolute Gasteiger partial charge is 0.480 e. The molecule has 1 aromatic carbocycles. The summed E-state index contributed by atoms with van der Waals surface area (Å²) in [7, 11) is 0. The number of nitrogens with zero attached hydrogens (tertiary/aromatic N) is 1. The number of carboxylic acid groups (broad SMARTS) is 2. The van der Waals surface area contributed by atoms with Gasteiger partial charge in [0, 0.05) is 5.69 Å². The summed E-state index contributed by atoms with van der Waals surface area (Å²) in [6, 6.07) is 6.33. The summed E-state index contributed by atoms with van der Waals surface area (Å²) in [6.45, 7) is 1.14. The van der Waals surface area contributed by atoms with E-state index in [0.717, 1.165) is 5.56 Å². The van der Waals surface area contributed by atoms with E-state index in [1.807, 2.05) is 6.92 Å². The Balaban J connectivity index is 3.05. The second-order valence-corrected chi connectivity index (χ2v) is 3.43. The second kappa shape index (κ2) is 5.11. The van der Waals surface area contributed by atoms with Crippen molar-refractivity contribution in [1.82, 2.24) is 0 Å². The van der Waals surface area contributed by atoms with Crippen LogP contribution in [0.5, 0.6) is 0 Å². The number of hydrogen-bond acceptors (Lipinski definition) is 3. The third-order valence-corrected chi connectivity index (χ3v) is 2.07. The standard InChI is InChI=1S/C11H11NO5/c1-7-2-4-8(5-3-7)12(6-9(13)14)10(15)11(16)17/h2-5H,6H2,1H3,(H,13,14)(H,16,17). The molecule has 0 radical (unpaired) electrons. The fourth-order valence-electron chi connectivity index (χ4n) is 1.26. The average molecular weight is 237 g/mol. The summed E-state index contributed by atoms with van der Waals surface area (Å²) in [5.41, 5.74) is 1.16.